The highest BCUT2D eigenvalue weighted by Gasteiger charge is 2.29. The average molecular weight is 126 g/mol. The first-order valence-corrected chi connectivity index (χ1v) is 3.79. The lowest BCUT2D eigenvalue weighted by Crippen LogP contribution is -2.44. The molecule has 0 amide bonds. The summed E-state index contributed by atoms with van der Waals surface area (Å²) >= 11 is 0. The van der Waals surface area contributed by atoms with Crippen LogP contribution < -0.4 is 0 Å². The number of hydrogen-bond acceptors (Lipinski definition) is 2. The van der Waals surface area contributed by atoms with Crippen LogP contribution >= 0.6 is 0 Å². The van der Waals surface area contributed by atoms with Gasteiger partial charge in [0.1, 0.15) is 0 Å². The van der Waals surface area contributed by atoms with E-state index in [0.717, 1.165) is 6.04 Å². The van der Waals surface area contributed by atoms with E-state index >= 15 is 0 Å². The molecule has 2 heteroatoms. The first kappa shape index (κ1) is 5.69. The molecule has 1 unspecified atom stereocenters. The zero-order valence-electron chi connectivity index (χ0n) is 6.01. The van der Waals surface area contributed by atoms with Gasteiger partial charge in [0, 0.05) is 25.7 Å². The number of nitrogens with zero attached hydrogens (tertiary/aromatic N) is 2. The van der Waals surface area contributed by atoms with E-state index in [1.807, 2.05) is 0 Å². The Morgan fingerprint density at radius 1 is 1.22 bits per heavy atom. The predicted molar refractivity (Wildman–Crippen MR) is 37.5 cm³/mol. The topological polar surface area (TPSA) is 6.48 Å². The molecule has 52 valence electrons. The Bertz CT molecular complexity index is 113. The van der Waals surface area contributed by atoms with E-state index in [4.69, 9.17) is 0 Å². The zero-order valence-corrected chi connectivity index (χ0v) is 6.01. The van der Waals surface area contributed by atoms with Gasteiger partial charge in [-0.1, -0.05) is 0 Å². The molecule has 0 aromatic heterocycles. The highest BCUT2D eigenvalue weighted by Crippen LogP contribution is 2.17. The maximum atomic E-state index is 2.56. The van der Waals surface area contributed by atoms with E-state index in [1.54, 1.807) is 0 Å². The van der Waals surface area contributed by atoms with Gasteiger partial charge < -0.3 is 9.80 Å². The van der Waals surface area contributed by atoms with Gasteiger partial charge in [-0.25, -0.2) is 0 Å². The lowest BCUT2D eigenvalue weighted by atomic mass is 10.2. The largest absolute Gasteiger partial charge is 0.301 e. The molecule has 2 atom stereocenters. The standard InChI is InChI=1S/C7H14N2/c1-8-4-5-9-3-2-7(8)6-9/h7H,2-6H2,1H3/t7-/m1/s1. The first-order valence-electron chi connectivity index (χ1n) is 3.79. The van der Waals surface area contributed by atoms with Crippen LogP contribution in [-0.4, -0.2) is 49.1 Å². The maximum Gasteiger partial charge on any atom is 0.0232 e. The summed E-state index contributed by atoms with van der Waals surface area (Å²) in [5, 5.41) is 0. The molecule has 2 bridgehead atoms. The van der Waals surface area contributed by atoms with E-state index in [1.165, 1.54) is 32.6 Å². The van der Waals surface area contributed by atoms with Gasteiger partial charge in [0.05, 0.1) is 0 Å². The monoisotopic (exact) mass is 126 g/mol. The van der Waals surface area contributed by atoms with Gasteiger partial charge in [0.25, 0.3) is 0 Å². The molecule has 0 N–H and O–H groups in total. The van der Waals surface area contributed by atoms with E-state index in [0.29, 0.717) is 0 Å². The van der Waals surface area contributed by atoms with Crippen molar-refractivity contribution in [1.29, 1.82) is 0 Å². The minimum atomic E-state index is 0.888. The van der Waals surface area contributed by atoms with E-state index in [-0.39, 0.29) is 0 Å². The number of hydrogen-bond donors (Lipinski definition) is 0. The van der Waals surface area contributed by atoms with Gasteiger partial charge in [-0.3, -0.25) is 0 Å². The van der Waals surface area contributed by atoms with Crippen molar-refractivity contribution in [2.75, 3.05) is 33.2 Å². The molecule has 2 rings (SSSR count). The summed E-state index contributed by atoms with van der Waals surface area (Å²) < 4.78 is 0. The Kier molecular flexibility index (Phi) is 1.24. The lowest BCUT2D eigenvalue weighted by molar-refractivity contribution is 0.165. The minimum Gasteiger partial charge on any atom is -0.301 e. The highest BCUT2D eigenvalue weighted by molar-refractivity contribution is 4.86. The minimum absolute atomic E-state index is 0.888. The van der Waals surface area contributed by atoms with Crippen molar-refractivity contribution in [2.24, 2.45) is 0 Å². The van der Waals surface area contributed by atoms with Crippen LogP contribution in [0.3, 0.4) is 0 Å². The van der Waals surface area contributed by atoms with Crippen molar-refractivity contribution in [3.8, 4) is 0 Å². The van der Waals surface area contributed by atoms with Crippen molar-refractivity contribution in [3.05, 3.63) is 0 Å². The zero-order chi connectivity index (χ0) is 6.27. The van der Waals surface area contributed by atoms with Crippen molar-refractivity contribution in [2.45, 2.75) is 12.5 Å². The van der Waals surface area contributed by atoms with Gasteiger partial charge in [0.15, 0.2) is 0 Å². The number of piperazine rings is 1. The highest BCUT2D eigenvalue weighted by atomic mass is 15.3. The molecule has 2 aliphatic rings. The summed E-state index contributed by atoms with van der Waals surface area (Å²) in [6, 6.07) is 0.888. The van der Waals surface area contributed by atoms with Crippen LogP contribution in [0.1, 0.15) is 6.42 Å². The molecule has 2 saturated heterocycles. The Hall–Kier alpha value is -0.0800. The normalized spacial score (nSPS) is 43.7. The van der Waals surface area contributed by atoms with Crippen molar-refractivity contribution in [1.82, 2.24) is 9.80 Å². The smallest absolute Gasteiger partial charge is 0.0232 e. The fourth-order valence-electron chi connectivity index (χ4n) is 1.86. The molecule has 2 fully saturated rings. The second-order valence-electron chi connectivity index (χ2n) is 3.22. The molecule has 0 aromatic carbocycles. The summed E-state index contributed by atoms with van der Waals surface area (Å²) in [5.74, 6) is 0. The Morgan fingerprint density at radius 3 is 2.89 bits per heavy atom. The van der Waals surface area contributed by atoms with Crippen LogP contribution in [0.2, 0.25) is 0 Å². The third-order valence-electron chi connectivity index (χ3n) is 2.64. The summed E-state index contributed by atoms with van der Waals surface area (Å²) in [5.41, 5.74) is 0. The summed E-state index contributed by atoms with van der Waals surface area (Å²) in [6.45, 7) is 5.25. The number of fused-ring (bicyclic) bond motifs is 2. The Labute approximate surface area is 56.4 Å². The summed E-state index contributed by atoms with van der Waals surface area (Å²) in [6.07, 6.45) is 1.40. The van der Waals surface area contributed by atoms with Crippen molar-refractivity contribution >= 4 is 0 Å². The van der Waals surface area contributed by atoms with Crippen molar-refractivity contribution in [3.63, 3.8) is 0 Å². The van der Waals surface area contributed by atoms with Crippen molar-refractivity contribution < 1.29 is 0 Å². The predicted octanol–water partition coefficient (Wildman–Crippen LogP) is 0.00610. The van der Waals surface area contributed by atoms with Crippen LogP contribution in [-0.2, 0) is 0 Å². The Balaban J connectivity index is 2.05. The SMILES string of the molecule is CN1CCN2CC[C@@H]1C2. The lowest BCUT2D eigenvalue weighted by Gasteiger charge is -2.30. The molecular weight excluding hydrogens is 112 g/mol. The molecule has 9 heavy (non-hydrogen) atoms. The molecule has 0 radical (unpaired) electrons. The summed E-state index contributed by atoms with van der Waals surface area (Å²) in [4.78, 5) is 5.05. The molecule has 2 aliphatic heterocycles. The van der Waals surface area contributed by atoms with Gasteiger partial charge in [-0.05, 0) is 20.0 Å². The van der Waals surface area contributed by atoms with Gasteiger partial charge in [0.2, 0.25) is 0 Å². The molecule has 2 nitrogen and oxygen atoms in total. The van der Waals surface area contributed by atoms with Crippen LogP contribution in [0.4, 0.5) is 0 Å². The molecule has 0 spiro atoms. The van der Waals surface area contributed by atoms with Crippen LogP contribution in [0, 0.1) is 0 Å². The number of rotatable bonds is 0. The molecule has 0 saturated carbocycles. The molecular formula is C7H14N2. The second kappa shape index (κ2) is 1.96. The van der Waals surface area contributed by atoms with Crippen LogP contribution in [0.15, 0.2) is 0 Å². The van der Waals surface area contributed by atoms with E-state index < -0.39 is 0 Å². The fraction of sp³-hybridized carbons (Fsp3) is 1.00. The Morgan fingerprint density at radius 2 is 2.11 bits per heavy atom. The number of likely N-dealkylation sites (N-methyl/N-ethyl adjacent to an activating group) is 1. The third kappa shape index (κ3) is 0.864. The van der Waals surface area contributed by atoms with E-state index in [2.05, 4.69) is 16.8 Å². The summed E-state index contributed by atoms with van der Waals surface area (Å²) in [7, 11) is 2.24. The third-order valence-corrected chi connectivity index (χ3v) is 2.64. The molecule has 2 heterocycles. The average Bonchev–Trinajstić information content (AvgIpc) is 2.25. The van der Waals surface area contributed by atoms with Crippen LogP contribution in [0.5, 0.6) is 0 Å². The molecule has 0 aromatic rings. The van der Waals surface area contributed by atoms with Gasteiger partial charge >= 0.3 is 0 Å². The van der Waals surface area contributed by atoms with Gasteiger partial charge in [-0.2, -0.15) is 0 Å². The maximum absolute atomic E-state index is 2.56. The first-order chi connectivity index (χ1) is 4.36. The quantitative estimate of drug-likeness (QED) is 0.451. The molecule has 0 aliphatic carbocycles. The van der Waals surface area contributed by atoms with Gasteiger partial charge in [-0.15, -0.1) is 0 Å². The second-order valence-corrected chi connectivity index (χ2v) is 3.22. The van der Waals surface area contributed by atoms with Crippen LogP contribution in [0.25, 0.3) is 0 Å². The van der Waals surface area contributed by atoms with E-state index in [9.17, 15) is 0 Å². The fourth-order valence-corrected chi connectivity index (χ4v) is 1.86.